The van der Waals surface area contributed by atoms with Crippen molar-refractivity contribution in [3.63, 3.8) is 0 Å². The maximum absolute atomic E-state index is 7.19. The van der Waals surface area contributed by atoms with E-state index in [0.717, 1.165) is 35.1 Å². The van der Waals surface area contributed by atoms with Gasteiger partial charge >= 0.3 is 0 Å². The molecule has 2 rings (SSSR count). The highest BCUT2D eigenvalue weighted by Crippen LogP contribution is 2.17. The fraction of sp³-hybridized carbons (Fsp3) is 0.294. The van der Waals surface area contributed by atoms with Gasteiger partial charge in [-0.15, -0.1) is 11.8 Å². The highest BCUT2D eigenvalue weighted by Gasteiger charge is 1.99. The van der Waals surface area contributed by atoms with E-state index in [4.69, 9.17) is 11.1 Å². The summed E-state index contributed by atoms with van der Waals surface area (Å²) in [6.45, 7) is 2.02. The van der Waals surface area contributed by atoms with Crippen molar-refractivity contribution in [1.82, 2.24) is 4.98 Å². The van der Waals surface area contributed by atoms with Crippen LogP contribution in [0.5, 0.6) is 0 Å². The highest BCUT2D eigenvalue weighted by molar-refractivity contribution is 8.13. The van der Waals surface area contributed by atoms with Gasteiger partial charge in [-0.1, -0.05) is 42.1 Å². The third kappa shape index (κ3) is 6.12. The van der Waals surface area contributed by atoms with Gasteiger partial charge in [-0.3, -0.25) is 5.41 Å². The molecule has 0 saturated carbocycles. The number of hydrogen-bond donors (Lipinski definition) is 2. The van der Waals surface area contributed by atoms with Crippen molar-refractivity contribution in [1.29, 1.82) is 5.41 Å². The predicted molar refractivity (Wildman–Crippen MR) is 97.9 cm³/mol. The average Bonchev–Trinajstić information content (AvgIpc) is 2.49. The molecule has 22 heavy (non-hydrogen) atoms. The molecule has 0 aliphatic rings. The largest absolute Gasteiger partial charge is 0.379 e. The van der Waals surface area contributed by atoms with Gasteiger partial charge in [0.2, 0.25) is 0 Å². The minimum absolute atomic E-state index is 0.193. The van der Waals surface area contributed by atoms with E-state index in [2.05, 4.69) is 41.4 Å². The van der Waals surface area contributed by atoms with E-state index in [1.165, 1.54) is 22.9 Å². The lowest BCUT2D eigenvalue weighted by molar-refractivity contribution is 1.05. The molecule has 2 aromatic rings. The van der Waals surface area contributed by atoms with E-state index in [0.29, 0.717) is 0 Å². The molecule has 0 spiro atoms. The number of aryl methyl sites for hydroxylation is 3. The zero-order valence-electron chi connectivity index (χ0n) is 12.7. The summed E-state index contributed by atoms with van der Waals surface area (Å²) in [6.07, 6.45) is 2.00. The smallest absolute Gasteiger partial charge is 0.151 e. The third-order valence-electron chi connectivity index (χ3n) is 3.17. The number of pyridine rings is 1. The van der Waals surface area contributed by atoms with E-state index in [-0.39, 0.29) is 5.17 Å². The van der Waals surface area contributed by atoms with Crippen molar-refractivity contribution in [2.75, 3.05) is 11.5 Å². The number of benzene rings is 1. The Morgan fingerprint density at radius 1 is 1.05 bits per heavy atom. The number of hydrogen-bond acceptors (Lipinski definition) is 4. The second-order valence-electron chi connectivity index (χ2n) is 4.99. The molecule has 0 amide bonds. The van der Waals surface area contributed by atoms with Crippen LogP contribution in [0.2, 0.25) is 0 Å². The zero-order valence-corrected chi connectivity index (χ0v) is 14.3. The zero-order chi connectivity index (χ0) is 15.8. The first-order chi connectivity index (χ1) is 10.6. The molecule has 3 nitrogen and oxygen atoms in total. The topological polar surface area (TPSA) is 62.8 Å². The van der Waals surface area contributed by atoms with Gasteiger partial charge in [0.15, 0.2) is 5.17 Å². The number of nitrogens with zero attached hydrogens (tertiary/aromatic N) is 1. The summed E-state index contributed by atoms with van der Waals surface area (Å²) in [4.78, 5) is 4.50. The van der Waals surface area contributed by atoms with Crippen molar-refractivity contribution in [2.45, 2.75) is 24.8 Å². The first-order valence-electron chi connectivity index (χ1n) is 7.24. The number of nitrogens with two attached hydrogens (primary N) is 1. The van der Waals surface area contributed by atoms with Gasteiger partial charge < -0.3 is 5.73 Å². The van der Waals surface area contributed by atoms with Crippen LogP contribution in [0.4, 0.5) is 0 Å². The van der Waals surface area contributed by atoms with Crippen LogP contribution < -0.4 is 5.73 Å². The molecule has 0 atom stereocenters. The number of rotatable bonds is 7. The van der Waals surface area contributed by atoms with Crippen LogP contribution in [0, 0.1) is 12.3 Å². The van der Waals surface area contributed by atoms with Crippen molar-refractivity contribution in [3.8, 4) is 0 Å². The maximum Gasteiger partial charge on any atom is 0.151 e. The lowest BCUT2D eigenvalue weighted by Crippen LogP contribution is -2.05. The fourth-order valence-electron chi connectivity index (χ4n) is 2.02. The Labute approximate surface area is 140 Å². The molecule has 1 aromatic heterocycles. The minimum Gasteiger partial charge on any atom is -0.379 e. The quantitative estimate of drug-likeness (QED) is 0.459. The van der Waals surface area contributed by atoms with Crippen LogP contribution in [0.25, 0.3) is 0 Å². The predicted octanol–water partition coefficient (Wildman–Crippen LogP) is 3.89. The van der Waals surface area contributed by atoms with Crippen LogP contribution in [-0.2, 0) is 12.8 Å². The normalized spacial score (nSPS) is 10.6. The molecular weight excluding hydrogens is 310 g/mol. The SMILES string of the molecule is Cc1cccc(SCCc2ccc(CCSC(=N)N)cc2)n1. The number of amidine groups is 1. The van der Waals surface area contributed by atoms with E-state index < -0.39 is 0 Å². The number of aromatic nitrogens is 1. The second kappa shape index (κ2) is 8.86. The summed E-state index contributed by atoms with van der Waals surface area (Å²) in [5, 5.41) is 8.48. The van der Waals surface area contributed by atoms with Crippen molar-refractivity contribution < 1.29 is 0 Å². The molecule has 5 heteroatoms. The summed E-state index contributed by atoms with van der Waals surface area (Å²) >= 11 is 3.19. The molecule has 1 aromatic carbocycles. The lowest BCUT2D eigenvalue weighted by Gasteiger charge is -2.05. The standard InChI is InChI=1S/C17H21N3S2/c1-13-3-2-4-16(20-13)21-11-9-14-5-7-15(8-6-14)10-12-22-17(18)19/h2-8H,9-12H2,1H3,(H3,18,19). The van der Waals surface area contributed by atoms with Crippen LogP contribution in [0.15, 0.2) is 47.5 Å². The van der Waals surface area contributed by atoms with Gasteiger partial charge in [0.25, 0.3) is 0 Å². The molecule has 3 N–H and O–H groups in total. The molecule has 0 fully saturated rings. The van der Waals surface area contributed by atoms with E-state index in [9.17, 15) is 0 Å². The summed E-state index contributed by atoms with van der Waals surface area (Å²) in [5.74, 6) is 1.90. The van der Waals surface area contributed by atoms with Gasteiger partial charge in [0.1, 0.15) is 0 Å². The van der Waals surface area contributed by atoms with E-state index in [1.54, 1.807) is 11.8 Å². The van der Waals surface area contributed by atoms with Crippen molar-refractivity contribution >= 4 is 28.7 Å². The van der Waals surface area contributed by atoms with Gasteiger partial charge in [-0.25, -0.2) is 4.98 Å². The Morgan fingerprint density at radius 2 is 1.68 bits per heavy atom. The Morgan fingerprint density at radius 3 is 2.27 bits per heavy atom. The Bertz CT molecular complexity index is 612. The third-order valence-corrected chi connectivity index (χ3v) is 4.83. The molecule has 116 valence electrons. The van der Waals surface area contributed by atoms with Gasteiger partial charge in [0, 0.05) is 17.2 Å². The molecule has 0 aliphatic carbocycles. The summed E-state index contributed by atoms with van der Waals surface area (Å²) in [7, 11) is 0. The highest BCUT2D eigenvalue weighted by atomic mass is 32.2. The molecule has 0 unspecified atom stereocenters. The minimum atomic E-state index is 0.193. The Balaban J connectivity index is 1.75. The molecule has 0 saturated heterocycles. The summed E-state index contributed by atoms with van der Waals surface area (Å²) in [5.41, 5.74) is 9.05. The Hall–Kier alpha value is -1.46. The first kappa shape index (κ1) is 16.9. The number of thioether (sulfide) groups is 2. The van der Waals surface area contributed by atoms with Crippen LogP contribution in [0.1, 0.15) is 16.8 Å². The van der Waals surface area contributed by atoms with E-state index >= 15 is 0 Å². The molecule has 0 radical (unpaired) electrons. The van der Waals surface area contributed by atoms with Gasteiger partial charge in [0.05, 0.1) is 5.03 Å². The van der Waals surface area contributed by atoms with Gasteiger partial charge in [-0.05, 0) is 43.0 Å². The van der Waals surface area contributed by atoms with Gasteiger partial charge in [-0.2, -0.15) is 0 Å². The molecule has 0 aliphatic heterocycles. The van der Waals surface area contributed by atoms with Crippen LogP contribution in [0.3, 0.4) is 0 Å². The summed E-state index contributed by atoms with van der Waals surface area (Å²) < 4.78 is 0. The maximum atomic E-state index is 7.19. The van der Waals surface area contributed by atoms with E-state index in [1.807, 2.05) is 13.0 Å². The Kier molecular flexibility index (Phi) is 6.80. The molecule has 0 bridgehead atoms. The lowest BCUT2D eigenvalue weighted by atomic mass is 10.1. The molecular formula is C17H21N3S2. The first-order valence-corrected chi connectivity index (χ1v) is 9.22. The average molecular weight is 332 g/mol. The van der Waals surface area contributed by atoms with Crippen LogP contribution >= 0.6 is 23.5 Å². The number of nitrogens with one attached hydrogen (secondary N) is 1. The summed E-state index contributed by atoms with van der Waals surface area (Å²) in [6, 6.07) is 14.9. The van der Waals surface area contributed by atoms with Crippen molar-refractivity contribution in [3.05, 3.63) is 59.3 Å². The van der Waals surface area contributed by atoms with Crippen molar-refractivity contribution in [2.24, 2.45) is 5.73 Å². The second-order valence-corrected chi connectivity index (χ2v) is 7.25. The molecule has 1 heterocycles. The fourth-order valence-corrected chi connectivity index (χ4v) is 3.51. The van der Waals surface area contributed by atoms with Crippen LogP contribution in [-0.4, -0.2) is 21.7 Å². The monoisotopic (exact) mass is 331 g/mol.